The van der Waals surface area contributed by atoms with Crippen LogP contribution in [0.2, 0.25) is 0 Å². The van der Waals surface area contributed by atoms with Gasteiger partial charge in [-0.3, -0.25) is 4.79 Å². The van der Waals surface area contributed by atoms with Crippen LogP contribution < -0.4 is 5.73 Å². The van der Waals surface area contributed by atoms with E-state index in [-0.39, 0.29) is 23.8 Å². The summed E-state index contributed by atoms with van der Waals surface area (Å²) in [6.07, 6.45) is 0.676. The minimum Gasteiger partial charge on any atom is -0.480 e. The summed E-state index contributed by atoms with van der Waals surface area (Å²) in [5, 5.41) is 9.08. The van der Waals surface area contributed by atoms with Gasteiger partial charge in [-0.1, -0.05) is 20.8 Å². The predicted molar refractivity (Wildman–Crippen MR) is 72.2 cm³/mol. The van der Waals surface area contributed by atoms with Crippen molar-refractivity contribution in [2.45, 2.75) is 33.2 Å². The van der Waals surface area contributed by atoms with Crippen LogP contribution in [0.5, 0.6) is 0 Å². The van der Waals surface area contributed by atoms with Crippen molar-refractivity contribution in [2.24, 2.45) is 17.1 Å². The molecule has 0 aromatic carbocycles. The second-order valence-electron chi connectivity index (χ2n) is 5.86. The standard InChI is InChI=1S/C12H22N2O3S/c1-12(2,3)4-8(5-13)10(15)14-7-18-6-9(14)11(16)17/h8-9H,4-7,13H2,1-3H3,(H,16,17). The van der Waals surface area contributed by atoms with Crippen molar-refractivity contribution in [2.75, 3.05) is 18.2 Å². The van der Waals surface area contributed by atoms with E-state index in [0.29, 0.717) is 18.1 Å². The van der Waals surface area contributed by atoms with Crippen molar-refractivity contribution in [1.29, 1.82) is 0 Å². The number of hydrogen-bond donors (Lipinski definition) is 2. The zero-order valence-corrected chi connectivity index (χ0v) is 12.0. The highest BCUT2D eigenvalue weighted by Crippen LogP contribution is 2.28. The van der Waals surface area contributed by atoms with Gasteiger partial charge in [0.25, 0.3) is 0 Å². The van der Waals surface area contributed by atoms with Gasteiger partial charge in [-0.2, -0.15) is 0 Å². The Balaban J connectivity index is 2.74. The van der Waals surface area contributed by atoms with Gasteiger partial charge in [0.05, 0.1) is 11.8 Å². The van der Waals surface area contributed by atoms with Crippen molar-refractivity contribution in [3.63, 3.8) is 0 Å². The molecule has 0 aliphatic carbocycles. The van der Waals surface area contributed by atoms with Crippen LogP contribution in [0.1, 0.15) is 27.2 Å². The maximum atomic E-state index is 12.3. The Morgan fingerprint density at radius 1 is 1.50 bits per heavy atom. The van der Waals surface area contributed by atoms with Crippen molar-refractivity contribution < 1.29 is 14.7 Å². The van der Waals surface area contributed by atoms with Gasteiger partial charge in [-0.25, -0.2) is 4.79 Å². The van der Waals surface area contributed by atoms with Crippen LogP contribution in [-0.2, 0) is 9.59 Å². The number of carboxylic acid groups (broad SMARTS) is 1. The Bertz CT molecular complexity index is 328. The van der Waals surface area contributed by atoms with Gasteiger partial charge in [0.15, 0.2) is 0 Å². The summed E-state index contributed by atoms with van der Waals surface area (Å²) >= 11 is 1.48. The Hall–Kier alpha value is -0.750. The first-order valence-electron chi connectivity index (χ1n) is 6.07. The summed E-state index contributed by atoms with van der Waals surface area (Å²) in [5.41, 5.74) is 5.67. The van der Waals surface area contributed by atoms with Gasteiger partial charge in [0.2, 0.25) is 5.91 Å². The van der Waals surface area contributed by atoms with E-state index >= 15 is 0 Å². The van der Waals surface area contributed by atoms with Crippen LogP contribution in [0.3, 0.4) is 0 Å². The third-order valence-electron chi connectivity index (χ3n) is 2.94. The summed E-state index contributed by atoms with van der Waals surface area (Å²) in [6.45, 7) is 6.42. The summed E-state index contributed by atoms with van der Waals surface area (Å²) in [4.78, 5) is 24.9. The lowest BCUT2D eigenvalue weighted by Gasteiger charge is -2.29. The molecule has 5 nitrogen and oxygen atoms in total. The van der Waals surface area contributed by atoms with E-state index < -0.39 is 12.0 Å². The van der Waals surface area contributed by atoms with Gasteiger partial charge in [0, 0.05) is 12.3 Å². The van der Waals surface area contributed by atoms with Crippen LogP contribution in [0.15, 0.2) is 0 Å². The molecule has 104 valence electrons. The molecule has 2 unspecified atom stereocenters. The number of nitrogens with two attached hydrogens (primary N) is 1. The molecule has 0 bridgehead atoms. The molecule has 0 saturated carbocycles. The van der Waals surface area contributed by atoms with E-state index in [0.717, 1.165) is 0 Å². The van der Waals surface area contributed by atoms with Crippen molar-refractivity contribution in [3.05, 3.63) is 0 Å². The van der Waals surface area contributed by atoms with Gasteiger partial charge in [0.1, 0.15) is 6.04 Å². The molecule has 2 atom stereocenters. The van der Waals surface area contributed by atoms with Crippen LogP contribution >= 0.6 is 11.8 Å². The highest BCUT2D eigenvalue weighted by atomic mass is 32.2. The highest BCUT2D eigenvalue weighted by molar-refractivity contribution is 7.99. The van der Waals surface area contributed by atoms with E-state index in [1.165, 1.54) is 16.7 Å². The first-order valence-corrected chi connectivity index (χ1v) is 7.23. The minimum atomic E-state index is -0.931. The number of aliphatic carboxylic acids is 1. The van der Waals surface area contributed by atoms with Crippen LogP contribution in [0, 0.1) is 11.3 Å². The second kappa shape index (κ2) is 5.93. The fraction of sp³-hybridized carbons (Fsp3) is 0.833. The van der Waals surface area contributed by atoms with E-state index in [1.807, 2.05) is 0 Å². The second-order valence-corrected chi connectivity index (χ2v) is 6.86. The number of carbonyl (C=O) groups is 2. The number of carbonyl (C=O) groups excluding carboxylic acids is 1. The molecule has 1 saturated heterocycles. The summed E-state index contributed by atoms with van der Waals surface area (Å²) in [5.74, 6) is -0.417. The Morgan fingerprint density at radius 3 is 2.56 bits per heavy atom. The van der Waals surface area contributed by atoms with Crippen LogP contribution in [-0.4, -0.2) is 46.1 Å². The average molecular weight is 274 g/mol. The van der Waals surface area contributed by atoms with Gasteiger partial charge in [-0.05, 0) is 11.8 Å². The number of nitrogens with zero attached hydrogens (tertiary/aromatic N) is 1. The molecule has 3 N–H and O–H groups in total. The molecule has 6 heteroatoms. The molecule has 1 heterocycles. The maximum absolute atomic E-state index is 12.3. The molecule has 1 amide bonds. The summed E-state index contributed by atoms with van der Waals surface area (Å²) < 4.78 is 0. The first kappa shape index (κ1) is 15.3. The predicted octanol–water partition coefficient (Wildman–Crippen LogP) is 0.984. The van der Waals surface area contributed by atoms with E-state index in [1.54, 1.807) is 0 Å². The van der Waals surface area contributed by atoms with E-state index in [4.69, 9.17) is 10.8 Å². The summed E-state index contributed by atoms with van der Waals surface area (Å²) in [6, 6.07) is -0.698. The van der Waals surface area contributed by atoms with Gasteiger partial charge < -0.3 is 15.7 Å². The molecular weight excluding hydrogens is 252 g/mol. The zero-order valence-electron chi connectivity index (χ0n) is 11.2. The monoisotopic (exact) mass is 274 g/mol. The highest BCUT2D eigenvalue weighted by Gasteiger charge is 2.38. The van der Waals surface area contributed by atoms with Gasteiger partial charge >= 0.3 is 5.97 Å². The lowest BCUT2D eigenvalue weighted by atomic mass is 9.84. The molecule has 0 radical (unpaired) electrons. The van der Waals surface area contributed by atoms with E-state index in [2.05, 4.69) is 20.8 Å². The van der Waals surface area contributed by atoms with Crippen molar-refractivity contribution in [3.8, 4) is 0 Å². The number of amides is 1. The molecule has 18 heavy (non-hydrogen) atoms. The van der Waals surface area contributed by atoms with E-state index in [9.17, 15) is 9.59 Å². The Morgan fingerprint density at radius 2 is 2.11 bits per heavy atom. The molecule has 0 aromatic rings. The number of carboxylic acids is 1. The molecule has 1 rings (SSSR count). The third-order valence-corrected chi connectivity index (χ3v) is 3.96. The fourth-order valence-electron chi connectivity index (χ4n) is 2.11. The fourth-order valence-corrected chi connectivity index (χ4v) is 3.26. The molecule has 1 aliphatic heterocycles. The molecule has 0 spiro atoms. The SMILES string of the molecule is CC(C)(C)CC(CN)C(=O)N1CSCC1C(=O)O. The lowest BCUT2D eigenvalue weighted by Crippen LogP contribution is -2.46. The summed E-state index contributed by atoms with van der Waals surface area (Å²) in [7, 11) is 0. The normalized spacial score (nSPS) is 22.0. The largest absolute Gasteiger partial charge is 0.480 e. The van der Waals surface area contributed by atoms with Crippen molar-refractivity contribution >= 4 is 23.6 Å². The third kappa shape index (κ3) is 3.88. The maximum Gasteiger partial charge on any atom is 0.327 e. The number of hydrogen-bond acceptors (Lipinski definition) is 4. The van der Waals surface area contributed by atoms with Crippen molar-refractivity contribution in [1.82, 2.24) is 4.90 Å². The Kier molecular flexibility index (Phi) is 5.04. The smallest absolute Gasteiger partial charge is 0.327 e. The van der Waals surface area contributed by atoms with Gasteiger partial charge in [-0.15, -0.1) is 11.8 Å². The number of thioether (sulfide) groups is 1. The van der Waals surface area contributed by atoms with Crippen LogP contribution in [0.25, 0.3) is 0 Å². The van der Waals surface area contributed by atoms with Crippen LogP contribution in [0.4, 0.5) is 0 Å². The quantitative estimate of drug-likeness (QED) is 0.798. The molecular formula is C12H22N2O3S. The lowest BCUT2D eigenvalue weighted by molar-refractivity contribution is -0.149. The Labute approximate surface area is 112 Å². The topological polar surface area (TPSA) is 83.6 Å². The average Bonchev–Trinajstić information content (AvgIpc) is 2.72. The number of rotatable bonds is 4. The molecule has 1 aliphatic rings. The molecule has 1 fully saturated rings. The zero-order chi connectivity index (χ0) is 13.9. The minimum absolute atomic E-state index is 0.00524. The first-order chi connectivity index (χ1) is 8.26. The molecule has 0 aromatic heterocycles.